The molecule has 1 unspecified atom stereocenters. The van der Waals surface area contributed by atoms with E-state index in [-0.39, 0.29) is 5.54 Å². The Hall–Kier alpha value is -2.02. The number of anilines is 1. The second kappa shape index (κ2) is 4.93. The van der Waals surface area contributed by atoms with E-state index in [1.807, 2.05) is 6.08 Å². The summed E-state index contributed by atoms with van der Waals surface area (Å²) in [6, 6.07) is 19.3. The van der Waals surface area contributed by atoms with Crippen LogP contribution in [0.5, 0.6) is 0 Å². The molecular weight excluding hydrogens is 230 g/mol. The molecule has 0 saturated heterocycles. The van der Waals surface area contributed by atoms with E-state index in [4.69, 9.17) is 0 Å². The topological polar surface area (TPSA) is 12.0 Å². The Morgan fingerprint density at radius 2 is 1.79 bits per heavy atom. The van der Waals surface area contributed by atoms with Crippen molar-refractivity contribution in [2.75, 3.05) is 5.32 Å². The van der Waals surface area contributed by atoms with Crippen molar-refractivity contribution < 1.29 is 0 Å². The zero-order valence-electron chi connectivity index (χ0n) is 11.1. The molecular formula is C18H19N. The van der Waals surface area contributed by atoms with E-state index in [2.05, 4.69) is 66.5 Å². The SMILES string of the molecule is C=CCC1(c2ccccc2)CCc2ccccc2N1. The summed E-state index contributed by atoms with van der Waals surface area (Å²) in [5.74, 6) is 0. The number of rotatable bonds is 3. The van der Waals surface area contributed by atoms with Crippen LogP contribution in [0.2, 0.25) is 0 Å². The lowest BCUT2D eigenvalue weighted by molar-refractivity contribution is 0.441. The third-order valence-corrected chi connectivity index (χ3v) is 4.03. The minimum absolute atomic E-state index is 0.00262. The van der Waals surface area contributed by atoms with Crippen molar-refractivity contribution in [2.45, 2.75) is 24.8 Å². The zero-order valence-corrected chi connectivity index (χ0v) is 11.1. The smallest absolute Gasteiger partial charge is 0.0662 e. The first kappa shape index (κ1) is 12.0. The Bertz CT molecular complexity index is 573. The van der Waals surface area contributed by atoms with Crippen LogP contribution in [0.3, 0.4) is 0 Å². The molecule has 1 heteroatoms. The minimum atomic E-state index is -0.00262. The molecule has 0 aromatic heterocycles. The molecule has 2 aromatic rings. The Morgan fingerprint density at radius 3 is 2.58 bits per heavy atom. The summed E-state index contributed by atoms with van der Waals surface area (Å²) < 4.78 is 0. The van der Waals surface area contributed by atoms with Gasteiger partial charge in [0, 0.05) is 5.69 Å². The van der Waals surface area contributed by atoms with Crippen LogP contribution in [0.25, 0.3) is 0 Å². The second-order valence-corrected chi connectivity index (χ2v) is 5.22. The number of hydrogen-bond donors (Lipinski definition) is 1. The number of nitrogens with one attached hydrogen (secondary N) is 1. The van der Waals surface area contributed by atoms with Crippen LogP contribution < -0.4 is 5.32 Å². The number of para-hydroxylation sites is 1. The highest BCUT2D eigenvalue weighted by Crippen LogP contribution is 2.40. The minimum Gasteiger partial charge on any atom is -0.375 e. The average molecular weight is 249 g/mol. The molecule has 1 heterocycles. The molecule has 0 fully saturated rings. The fourth-order valence-electron chi connectivity index (χ4n) is 3.02. The van der Waals surface area contributed by atoms with Gasteiger partial charge in [-0.1, -0.05) is 54.6 Å². The zero-order chi connectivity index (χ0) is 13.1. The lowest BCUT2D eigenvalue weighted by atomic mass is 9.78. The van der Waals surface area contributed by atoms with Crippen LogP contribution in [0.4, 0.5) is 5.69 Å². The fourth-order valence-corrected chi connectivity index (χ4v) is 3.02. The van der Waals surface area contributed by atoms with Gasteiger partial charge in [0.15, 0.2) is 0 Å². The average Bonchev–Trinajstić information content (AvgIpc) is 2.48. The van der Waals surface area contributed by atoms with Gasteiger partial charge in [0.2, 0.25) is 0 Å². The summed E-state index contributed by atoms with van der Waals surface area (Å²) in [7, 11) is 0. The molecule has 1 N–H and O–H groups in total. The molecule has 0 saturated carbocycles. The molecule has 0 radical (unpaired) electrons. The normalized spacial score (nSPS) is 21.3. The van der Waals surface area contributed by atoms with Crippen molar-refractivity contribution >= 4 is 5.69 Å². The Kier molecular flexibility index (Phi) is 3.12. The van der Waals surface area contributed by atoms with Gasteiger partial charge in [-0.25, -0.2) is 0 Å². The van der Waals surface area contributed by atoms with Crippen molar-refractivity contribution in [1.29, 1.82) is 0 Å². The monoisotopic (exact) mass is 249 g/mol. The lowest BCUT2D eigenvalue weighted by Gasteiger charge is -2.40. The van der Waals surface area contributed by atoms with Crippen molar-refractivity contribution in [3.8, 4) is 0 Å². The third-order valence-electron chi connectivity index (χ3n) is 4.03. The van der Waals surface area contributed by atoms with Gasteiger partial charge in [-0.3, -0.25) is 0 Å². The summed E-state index contributed by atoms with van der Waals surface area (Å²) in [5, 5.41) is 3.76. The Labute approximate surface area is 115 Å². The number of benzene rings is 2. The molecule has 3 rings (SSSR count). The third kappa shape index (κ3) is 2.17. The maximum Gasteiger partial charge on any atom is 0.0662 e. The van der Waals surface area contributed by atoms with Crippen LogP contribution in [-0.4, -0.2) is 0 Å². The van der Waals surface area contributed by atoms with Gasteiger partial charge in [0.25, 0.3) is 0 Å². The highest BCUT2D eigenvalue weighted by molar-refractivity contribution is 5.57. The van der Waals surface area contributed by atoms with Gasteiger partial charge in [0.1, 0.15) is 0 Å². The molecule has 1 aliphatic heterocycles. The van der Waals surface area contributed by atoms with E-state index in [0.29, 0.717) is 0 Å². The van der Waals surface area contributed by atoms with Gasteiger partial charge in [-0.2, -0.15) is 0 Å². The highest BCUT2D eigenvalue weighted by atomic mass is 15.0. The maximum absolute atomic E-state index is 3.94. The Morgan fingerprint density at radius 1 is 1.05 bits per heavy atom. The molecule has 1 atom stereocenters. The molecule has 19 heavy (non-hydrogen) atoms. The predicted molar refractivity (Wildman–Crippen MR) is 81.3 cm³/mol. The van der Waals surface area contributed by atoms with Crippen molar-refractivity contribution in [1.82, 2.24) is 0 Å². The van der Waals surface area contributed by atoms with Gasteiger partial charge in [-0.15, -0.1) is 6.58 Å². The van der Waals surface area contributed by atoms with E-state index >= 15 is 0 Å². The summed E-state index contributed by atoms with van der Waals surface area (Å²) in [5.41, 5.74) is 4.03. The Balaban J connectivity index is 2.03. The standard InChI is InChI=1S/C18H19N/c1-2-13-18(16-9-4-3-5-10-16)14-12-15-8-6-7-11-17(15)19-18/h2-11,19H,1,12-14H2. The van der Waals surface area contributed by atoms with Crippen LogP contribution in [0.1, 0.15) is 24.0 Å². The van der Waals surface area contributed by atoms with E-state index in [9.17, 15) is 0 Å². The summed E-state index contributed by atoms with van der Waals surface area (Å²) in [6.45, 7) is 3.94. The molecule has 0 aliphatic carbocycles. The molecule has 96 valence electrons. The number of hydrogen-bond acceptors (Lipinski definition) is 1. The molecule has 0 amide bonds. The fraction of sp³-hybridized carbons (Fsp3) is 0.222. The number of aryl methyl sites for hydroxylation is 1. The first-order valence-corrected chi connectivity index (χ1v) is 6.87. The second-order valence-electron chi connectivity index (χ2n) is 5.22. The predicted octanol–water partition coefficient (Wildman–Crippen LogP) is 4.52. The van der Waals surface area contributed by atoms with Gasteiger partial charge in [-0.05, 0) is 36.5 Å². The first-order chi connectivity index (χ1) is 9.34. The quantitative estimate of drug-likeness (QED) is 0.789. The largest absolute Gasteiger partial charge is 0.375 e. The van der Waals surface area contributed by atoms with Crippen LogP contribution in [-0.2, 0) is 12.0 Å². The van der Waals surface area contributed by atoms with E-state index < -0.39 is 0 Å². The summed E-state index contributed by atoms with van der Waals surface area (Å²) in [6.07, 6.45) is 5.20. The molecule has 0 bridgehead atoms. The summed E-state index contributed by atoms with van der Waals surface area (Å²) >= 11 is 0. The molecule has 1 aliphatic rings. The first-order valence-electron chi connectivity index (χ1n) is 6.87. The molecule has 0 spiro atoms. The lowest BCUT2D eigenvalue weighted by Crippen LogP contribution is -2.38. The van der Waals surface area contributed by atoms with E-state index in [1.54, 1.807) is 0 Å². The van der Waals surface area contributed by atoms with E-state index in [1.165, 1.54) is 16.8 Å². The van der Waals surface area contributed by atoms with Crippen LogP contribution in [0.15, 0.2) is 67.3 Å². The van der Waals surface area contributed by atoms with Crippen LogP contribution in [0, 0.1) is 0 Å². The van der Waals surface area contributed by atoms with Gasteiger partial charge in [0.05, 0.1) is 5.54 Å². The van der Waals surface area contributed by atoms with Crippen molar-refractivity contribution in [3.63, 3.8) is 0 Å². The van der Waals surface area contributed by atoms with Crippen LogP contribution >= 0.6 is 0 Å². The summed E-state index contributed by atoms with van der Waals surface area (Å²) in [4.78, 5) is 0. The van der Waals surface area contributed by atoms with Gasteiger partial charge < -0.3 is 5.32 Å². The number of fused-ring (bicyclic) bond motifs is 1. The maximum atomic E-state index is 3.94. The van der Waals surface area contributed by atoms with E-state index in [0.717, 1.165) is 19.3 Å². The van der Waals surface area contributed by atoms with Gasteiger partial charge >= 0.3 is 0 Å². The molecule has 1 nitrogen and oxygen atoms in total. The van der Waals surface area contributed by atoms with Crippen molar-refractivity contribution in [3.05, 3.63) is 78.4 Å². The highest BCUT2D eigenvalue weighted by Gasteiger charge is 2.34. The van der Waals surface area contributed by atoms with Crippen molar-refractivity contribution in [2.24, 2.45) is 0 Å². The molecule has 2 aromatic carbocycles.